The minimum Gasteiger partial charge on any atom is -0.394 e. The van der Waals surface area contributed by atoms with E-state index in [1.54, 1.807) is 6.92 Å². The summed E-state index contributed by atoms with van der Waals surface area (Å²) in [7, 11) is 0. The van der Waals surface area contributed by atoms with E-state index in [2.05, 4.69) is 10.6 Å². The van der Waals surface area contributed by atoms with Gasteiger partial charge in [0.15, 0.2) is 0 Å². The lowest BCUT2D eigenvalue weighted by Gasteiger charge is -2.25. The van der Waals surface area contributed by atoms with Gasteiger partial charge in [-0.05, 0) is 24.5 Å². The molecule has 5 heteroatoms. The maximum atomic E-state index is 11.8. The molecule has 0 aromatic heterocycles. The third-order valence-electron chi connectivity index (χ3n) is 2.84. The second-order valence-corrected chi connectivity index (χ2v) is 5.35. The Bertz CT molecular complexity index is 424. The summed E-state index contributed by atoms with van der Waals surface area (Å²) >= 11 is 6.17. The average molecular weight is 285 g/mol. The smallest absolute Gasteiger partial charge is 0.315 e. The summed E-state index contributed by atoms with van der Waals surface area (Å²) in [5.74, 6) is 0.204. The first-order valence-electron chi connectivity index (χ1n) is 6.38. The normalized spacial score (nSPS) is 14.0. The average Bonchev–Trinajstić information content (AvgIpc) is 2.36. The number of hydrogen-bond acceptors (Lipinski definition) is 2. The first-order chi connectivity index (χ1) is 8.95. The van der Waals surface area contributed by atoms with Crippen molar-refractivity contribution in [1.82, 2.24) is 10.6 Å². The molecule has 1 rings (SSSR count). The monoisotopic (exact) mass is 284 g/mol. The van der Waals surface area contributed by atoms with Gasteiger partial charge in [-0.2, -0.15) is 0 Å². The summed E-state index contributed by atoms with van der Waals surface area (Å²) in [5, 5.41) is 15.1. The number of carbonyl (C=O) groups excluding carboxylic acids is 1. The Morgan fingerprint density at radius 3 is 2.42 bits per heavy atom. The van der Waals surface area contributed by atoms with E-state index < -0.39 is 0 Å². The van der Waals surface area contributed by atoms with Gasteiger partial charge in [-0.25, -0.2) is 4.79 Å². The first kappa shape index (κ1) is 15.8. The number of amides is 2. The summed E-state index contributed by atoms with van der Waals surface area (Å²) < 4.78 is 0. The number of aliphatic hydroxyl groups excluding tert-OH is 1. The van der Waals surface area contributed by atoms with E-state index in [-0.39, 0.29) is 30.6 Å². The molecule has 2 unspecified atom stereocenters. The maximum absolute atomic E-state index is 11.8. The molecule has 0 spiro atoms. The van der Waals surface area contributed by atoms with Gasteiger partial charge in [-0.3, -0.25) is 0 Å². The van der Waals surface area contributed by atoms with Gasteiger partial charge in [0, 0.05) is 5.02 Å². The fraction of sp³-hybridized carbons (Fsp3) is 0.500. The molecule has 0 saturated heterocycles. The fourth-order valence-electron chi connectivity index (χ4n) is 1.78. The zero-order valence-electron chi connectivity index (χ0n) is 11.5. The summed E-state index contributed by atoms with van der Waals surface area (Å²) in [6, 6.07) is 6.72. The largest absolute Gasteiger partial charge is 0.394 e. The van der Waals surface area contributed by atoms with Crippen molar-refractivity contribution in [2.75, 3.05) is 6.61 Å². The van der Waals surface area contributed by atoms with Crippen molar-refractivity contribution in [2.45, 2.75) is 32.9 Å². The van der Waals surface area contributed by atoms with E-state index >= 15 is 0 Å². The van der Waals surface area contributed by atoms with E-state index in [4.69, 9.17) is 16.7 Å². The standard InChI is InChI=1S/C14H21ClN2O2/c1-9(2)13(11-6-4-5-7-12(11)15)17-14(19)16-10(3)8-18/h4-7,9-10,13,18H,8H2,1-3H3,(H2,16,17,19). The zero-order chi connectivity index (χ0) is 14.4. The lowest BCUT2D eigenvalue weighted by molar-refractivity contribution is 0.214. The van der Waals surface area contributed by atoms with Crippen LogP contribution in [0.15, 0.2) is 24.3 Å². The number of halogens is 1. The Balaban J connectivity index is 2.80. The molecular weight excluding hydrogens is 264 g/mol. The second kappa shape index (κ2) is 7.36. The Morgan fingerprint density at radius 1 is 1.26 bits per heavy atom. The van der Waals surface area contributed by atoms with Gasteiger partial charge >= 0.3 is 6.03 Å². The number of aliphatic hydroxyl groups is 1. The highest BCUT2D eigenvalue weighted by molar-refractivity contribution is 6.31. The number of nitrogens with one attached hydrogen (secondary N) is 2. The van der Waals surface area contributed by atoms with Crippen LogP contribution in [0.1, 0.15) is 32.4 Å². The number of urea groups is 1. The van der Waals surface area contributed by atoms with Crippen molar-refractivity contribution in [3.05, 3.63) is 34.9 Å². The van der Waals surface area contributed by atoms with Crippen LogP contribution in [0.4, 0.5) is 4.79 Å². The summed E-state index contributed by atoms with van der Waals surface area (Å²) in [6.07, 6.45) is 0. The van der Waals surface area contributed by atoms with Crippen molar-refractivity contribution in [2.24, 2.45) is 5.92 Å². The Morgan fingerprint density at radius 2 is 1.89 bits per heavy atom. The highest BCUT2D eigenvalue weighted by atomic mass is 35.5. The fourth-order valence-corrected chi connectivity index (χ4v) is 2.04. The highest BCUT2D eigenvalue weighted by Gasteiger charge is 2.20. The van der Waals surface area contributed by atoms with E-state index in [0.29, 0.717) is 5.02 Å². The molecular formula is C14H21ClN2O2. The summed E-state index contributed by atoms with van der Waals surface area (Å²) in [4.78, 5) is 11.8. The molecule has 0 aliphatic rings. The van der Waals surface area contributed by atoms with Crippen LogP contribution < -0.4 is 10.6 Å². The van der Waals surface area contributed by atoms with Gasteiger partial charge in [0.05, 0.1) is 18.7 Å². The molecule has 4 nitrogen and oxygen atoms in total. The SMILES string of the molecule is CC(CO)NC(=O)NC(c1ccccc1Cl)C(C)C. The van der Waals surface area contributed by atoms with Crippen molar-refractivity contribution in [3.8, 4) is 0 Å². The van der Waals surface area contributed by atoms with Crippen LogP contribution in [0.5, 0.6) is 0 Å². The molecule has 2 amide bonds. The molecule has 2 atom stereocenters. The van der Waals surface area contributed by atoms with Gasteiger partial charge in [-0.1, -0.05) is 43.6 Å². The predicted molar refractivity (Wildman–Crippen MR) is 77.2 cm³/mol. The lowest BCUT2D eigenvalue weighted by Crippen LogP contribution is -2.44. The molecule has 0 radical (unpaired) electrons. The topological polar surface area (TPSA) is 61.4 Å². The van der Waals surface area contributed by atoms with Crippen molar-refractivity contribution >= 4 is 17.6 Å². The van der Waals surface area contributed by atoms with Crippen LogP contribution in [0, 0.1) is 5.92 Å². The van der Waals surface area contributed by atoms with Crippen LogP contribution in [0.25, 0.3) is 0 Å². The third-order valence-corrected chi connectivity index (χ3v) is 3.19. The van der Waals surface area contributed by atoms with E-state index in [9.17, 15) is 4.79 Å². The van der Waals surface area contributed by atoms with Gasteiger partial charge in [0.2, 0.25) is 0 Å². The van der Waals surface area contributed by atoms with Crippen molar-refractivity contribution < 1.29 is 9.90 Å². The van der Waals surface area contributed by atoms with E-state index in [0.717, 1.165) is 5.56 Å². The quantitative estimate of drug-likeness (QED) is 0.778. The van der Waals surface area contributed by atoms with Gasteiger partial charge < -0.3 is 15.7 Å². The van der Waals surface area contributed by atoms with Crippen LogP contribution in [-0.4, -0.2) is 23.8 Å². The van der Waals surface area contributed by atoms with Crippen LogP contribution >= 0.6 is 11.6 Å². The summed E-state index contributed by atoms with van der Waals surface area (Å²) in [6.45, 7) is 5.68. The number of hydrogen-bond donors (Lipinski definition) is 3. The minimum atomic E-state index is -0.305. The molecule has 3 N–H and O–H groups in total. The van der Waals surface area contributed by atoms with E-state index in [1.165, 1.54) is 0 Å². The van der Waals surface area contributed by atoms with Gasteiger partial charge in [0.1, 0.15) is 0 Å². The Kier molecular flexibility index (Phi) is 6.12. The predicted octanol–water partition coefficient (Wildman–Crippen LogP) is 2.72. The van der Waals surface area contributed by atoms with Gasteiger partial charge in [-0.15, -0.1) is 0 Å². The molecule has 0 bridgehead atoms. The highest BCUT2D eigenvalue weighted by Crippen LogP contribution is 2.27. The zero-order valence-corrected chi connectivity index (χ0v) is 12.2. The molecule has 0 aliphatic heterocycles. The molecule has 0 fully saturated rings. The number of rotatable bonds is 5. The molecule has 1 aromatic rings. The maximum Gasteiger partial charge on any atom is 0.315 e. The van der Waals surface area contributed by atoms with Crippen LogP contribution in [0.3, 0.4) is 0 Å². The van der Waals surface area contributed by atoms with E-state index in [1.807, 2.05) is 38.1 Å². The third kappa shape index (κ3) is 4.73. The Labute approximate surface area is 119 Å². The van der Waals surface area contributed by atoms with Crippen LogP contribution in [0.2, 0.25) is 5.02 Å². The molecule has 1 aromatic carbocycles. The first-order valence-corrected chi connectivity index (χ1v) is 6.75. The molecule has 0 heterocycles. The minimum absolute atomic E-state index is 0.0914. The number of carbonyl (C=O) groups is 1. The second-order valence-electron chi connectivity index (χ2n) is 4.94. The molecule has 0 saturated carbocycles. The molecule has 0 aliphatic carbocycles. The molecule has 19 heavy (non-hydrogen) atoms. The van der Waals surface area contributed by atoms with Crippen molar-refractivity contribution in [3.63, 3.8) is 0 Å². The van der Waals surface area contributed by atoms with Crippen LogP contribution in [-0.2, 0) is 0 Å². The van der Waals surface area contributed by atoms with Crippen molar-refractivity contribution in [1.29, 1.82) is 0 Å². The molecule has 106 valence electrons. The number of benzene rings is 1. The summed E-state index contributed by atoms with van der Waals surface area (Å²) in [5.41, 5.74) is 0.894. The van der Waals surface area contributed by atoms with Gasteiger partial charge in [0.25, 0.3) is 0 Å². The Hall–Kier alpha value is -1.26. The lowest BCUT2D eigenvalue weighted by atomic mass is 9.96.